The third-order valence-electron chi connectivity index (χ3n) is 2.02. The Balaban J connectivity index is 2.39. The zero-order chi connectivity index (χ0) is 6.15. The van der Waals surface area contributed by atoms with Crippen LogP contribution in [-0.2, 0) is 0 Å². The molecular formula is C7H13F. The summed E-state index contributed by atoms with van der Waals surface area (Å²) in [5.41, 5.74) is 0. The van der Waals surface area contributed by atoms with Crippen molar-refractivity contribution in [2.45, 2.75) is 32.9 Å². The normalized spacial score (nSPS) is 47.6. The third kappa shape index (κ3) is 1.01. The standard InChI is InChI=1S/C7H13F/c1-5-3-6(2)7(8)4-5/h5-7H,3-4H2,1-2H3/t5-,6?,7+/m1/s1. The lowest BCUT2D eigenvalue weighted by molar-refractivity contribution is 0.276. The van der Waals surface area contributed by atoms with Crippen molar-refractivity contribution < 1.29 is 4.39 Å². The van der Waals surface area contributed by atoms with Gasteiger partial charge in [-0.05, 0) is 24.7 Å². The Bertz CT molecular complexity index is 70.5. The maximum absolute atomic E-state index is 12.6. The minimum absolute atomic E-state index is 0.324. The van der Waals surface area contributed by atoms with Crippen LogP contribution >= 0.6 is 0 Å². The molecule has 1 saturated carbocycles. The zero-order valence-corrected chi connectivity index (χ0v) is 5.52. The smallest absolute Gasteiger partial charge is 0.103 e. The predicted molar refractivity (Wildman–Crippen MR) is 32.5 cm³/mol. The van der Waals surface area contributed by atoms with Gasteiger partial charge in [0, 0.05) is 0 Å². The van der Waals surface area contributed by atoms with Crippen molar-refractivity contribution >= 4 is 0 Å². The second kappa shape index (κ2) is 2.04. The molecule has 3 atom stereocenters. The molecule has 0 spiro atoms. The van der Waals surface area contributed by atoms with E-state index < -0.39 is 6.17 Å². The lowest BCUT2D eigenvalue weighted by Crippen LogP contribution is -2.01. The summed E-state index contributed by atoms with van der Waals surface area (Å²) in [5, 5.41) is 0. The van der Waals surface area contributed by atoms with Gasteiger partial charge in [0.2, 0.25) is 0 Å². The van der Waals surface area contributed by atoms with Gasteiger partial charge in [-0.15, -0.1) is 0 Å². The molecule has 1 aliphatic rings. The first-order valence-electron chi connectivity index (χ1n) is 3.34. The molecular weight excluding hydrogens is 103 g/mol. The second-order valence-electron chi connectivity index (χ2n) is 3.07. The van der Waals surface area contributed by atoms with Gasteiger partial charge in [-0.3, -0.25) is 0 Å². The fourth-order valence-corrected chi connectivity index (χ4v) is 1.50. The van der Waals surface area contributed by atoms with Gasteiger partial charge >= 0.3 is 0 Å². The summed E-state index contributed by atoms with van der Waals surface area (Å²) in [5.74, 6) is 0.949. The van der Waals surface area contributed by atoms with Gasteiger partial charge in [-0.1, -0.05) is 13.8 Å². The van der Waals surface area contributed by atoms with Crippen molar-refractivity contribution in [3.63, 3.8) is 0 Å². The average molecular weight is 116 g/mol. The van der Waals surface area contributed by atoms with Crippen LogP contribution in [-0.4, -0.2) is 6.17 Å². The molecule has 0 bridgehead atoms. The number of hydrogen-bond acceptors (Lipinski definition) is 0. The fraction of sp³-hybridized carbons (Fsp3) is 1.00. The van der Waals surface area contributed by atoms with Crippen LogP contribution in [0.15, 0.2) is 0 Å². The van der Waals surface area contributed by atoms with Gasteiger partial charge < -0.3 is 0 Å². The summed E-state index contributed by atoms with van der Waals surface area (Å²) >= 11 is 0. The van der Waals surface area contributed by atoms with E-state index in [-0.39, 0.29) is 0 Å². The first-order chi connectivity index (χ1) is 3.70. The highest BCUT2D eigenvalue weighted by atomic mass is 19.1. The Hall–Kier alpha value is -0.0700. The summed E-state index contributed by atoms with van der Waals surface area (Å²) in [6, 6.07) is 0. The Kier molecular flexibility index (Phi) is 1.54. The largest absolute Gasteiger partial charge is 0.247 e. The molecule has 0 heterocycles. The predicted octanol–water partition coefficient (Wildman–Crippen LogP) is 2.39. The Morgan fingerprint density at radius 2 is 1.88 bits per heavy atom. The highest BCUT2D eigenvalue weighted by Gasteiger charge is 2.27. The van der Waals surface area contributed by atoms with E-state index in [2.05, 4.69) is 6.92 Å². The molecule has 0 nitrogen and oxygen atoms in total. The van der Waals surface area contributed by atoms with Crippen molar-refractivity contribution in [3.8, 4) is 0 Å². The minimum atomic E-state index is -0.509. The molecule has 0 N–H and O–H groups in total. The summed E-state index contributed by atoms with van der Waals surface area (Å²) in [4.78, 5) is 0. The van der Waals surface area contributed by atoms with E-state index in [4.69, 9.17) is 0 Å². The lowest BCUT2D eigenvalue weighted by atomic mass is 10.1. The molecule has 0 saturated heterocycles. The first-order valence-corrected chi connectivity index (χ1v) is 3.34. The molecule has 0 amide bonds. The Morgan fingerprint density at radius 1 is 1.25 bits per heavy atom. The van der Waals surface area contributed by atoms with Crippen molar-refractivity contribution in [2.75, 3.05) is 0 Å². The Labute approximate surface area is 50.1 Å². The molecule has 1 heteroatoms. The SMILES string of the molecule is CC1C[C@@H](C)C[C@@H]1F. The summed E-state index contributed by atoms with van der Waals surface area (Å²) in [7, 11) is 0. The topological polar surface area (TPSA) is 0 Å². The van der Waals surface area contributed by atoms with Crippen molar-refractivity contribution in [1.82, 2.24) is 0 Å². The van der Waals surface area contributed by atoms with Gasteiger partial charge in [-0.25, -0.2) is 4.39 Å². The number of alkyl halides is 1. The van der Waals surface area contributed by atoms with Crippen LogP contribution in [0.1, 0.15) is 26.7 Å². The first kappa shape index (κ1) is 6.06. The van der Waals surface area contributed by atoms with E-state index in [1.807, 2.05) is 6.92 Å². The van der Waals surface area contributed by atoms with Crippen molar-refractivity contribution in [1.29, 1.82) is 0 Å². The molecule has 48 valence electrons. The number of hydrogen-bond donors (Lipinski definition) is 0. The monoisotopic (exact) mass is 116 g/mol. The molecule has 0 aromatic carbocycles. The molecule has 1 fully saturated rings. The highest BCUT2D eigenvalue weighted by molar-refractivity contribution is 4.77. The maximum atomic E-state index is 12.6. The van der Waals surface area contributed by atoms with Crippen LogP contribution < -0.4 is 0 Å². The summed E-state index contributed by atoms with van der Waals surface area (Å²) in [6.45, 7) is 4.12. The van der Waals surface area contributed by atoms with Crippen LogP contribution in [0.2, 0.25) is 0 Å². The maximum Gasteiger partial charge on any atom is 0.103 e. The molecule has 1 aliphatic carbocycles. The van der Waals surface area contributed by atoms with Crippen LogP contribution in [0.3, 0.4) is 0 Å². The average Bonchev–Trinajstić information content (AvgIpc) is 1.85. The second-order valence-corrected chi connectivity index (χ2v) is 3.07. The molecule has 0 aromatic heterocycles. The quantitative estimate of drug-likeness (QED) is 0.456. The van der Waals surface area contributed by atoms with Gasteiger partial charge in [0.25, 0.3) is 0 Å². The van der Waals surface area contributed by atoms with Gasteiger partial charge in [0.15, 0.2) is 0 Å². The molecule has 8 heavy (non-hydrogen) atoms. The number of rotatable bonds is 0. The van der Waals surface area contributed by atoms with E-state index in [1.54, 1.807) is 0 Å². The van der Waals surface area contributed by atoms with Gasteiger partial charge in [-0.2, -0.15) is 0 Å². The number of halogens is 1. The molecule has 0 radical (unpaired) electrons. The minimum Gasteiger partial charge on any atom is -0.247 e. The summed E-state index contributed by atoms with van der Waals surface area (Å²) < 4.78 is 12.6. The van der Waals surface area contributed by atoms with Crippen LogP contribution in [0.25, 0.3) is 0 Å². The molecule has 1 rings (SSSR count). The molecule has 0 aliphatic heterocycles. The van der Waals surface area contributed by atoms with Crippen molar-refractivity contribution in [3.05, 3.63) is 0 Å². The van der Waals surface area contributed by atoms with E-state index in [9.17, 15) is 4.39 Å². The Morgan fingerprint density at radius 3 is 2.00 bits per heavy atom. The lowest BCUT2D eigenvalue weighted by Gasteiger charge is -2.00. The summed E-state index contributed by atoms with van der Waals surface area (Å²) in [6.07, 6.45) is 1.37. The zero-order valence-electron chi connectivity index (χ0n) is 5.52. The fourth-order valence-electron chi connectivity index (χ4n) is 1.50. The highest BCUT2D eigenvalue weighted by Crippen LogP contribution is 2.32. The van der Waals surface area contributed by atoms with E-state index in [0.717, 1.165) is 12.8 Å². The van der Waals surface area contributed by atoms with E-state index in [0.29, 0.717) is 11.8 Å². The van der Waals surface area contributed by atoms with Crippen LogP contribution in [0, 0.1) is 11.8 Å². The van der Waals surface area contributed by atoms with Gasteiger partial charge in [0.05, 0.1) is 0 Å². The van der Waals surface area contributed by atoms with Crippen molar-refractivity contribution in [2.24, 2.45) is 11.8 Å². The van der Waals surface area contributed by atoms with Crippen LogP contribution in [0.5, 0.6) is 0 Å². The van der Waals surface area contributed by atoms with Gasteiger partial charge in [0.1, 0.15) is 6.17 Å². The van der Waals surface area contributed by atoms with E-state index in [1.165, 1.54) is 0 Å². The molecule has 0 aromatic rings. The third-order valence-corrected chi connectivity index (χ3v) is 2.02. The van der Waals surface area contributed by atoms with Crippen LogP contribution in [0.4, 0.5) is 4.39 Å². The van der Waals surface area contributed by atoms with E-state index >= 15 is 0 Å². The molecule has 1 unspecified atom stereocenters.